The molecule has 0 spiro atoms. The van der Waals surface area contributed by atoms with Crippen molar-refractivity contribution in [3.8, 4) is 0 Å². The van der Waals surface area contributed by atoms with E-state index in [2.05, 4.69) is 23.3 Å². The van der Waals surface area contributed by atoms with Gasteiger partial charge in [0.15, 0.2) is 0 Å². The fourth-order valence-corrected chi connectivity index (χ4v) is 3.23. The molecule has 0 saturated carbocycles. The van der Waals surface area contributed by atoms with Crippen molar-refractivity contribution < 1.29 is 5.11 Å². The Morgan fingerprint density at radius 2 is 1.95 bits per heavy atom. The molecule has 1 atom stereocenters. The summed E-state index contributed by atoms with van der Waals surface area (Å²) in [5.74, 6) is 0. The Hall–Kier alpha value is -1.61. The normalized spacial score (nSPS) is 17.3. The minimum absolute atomic E-state index is 0.714. The summed E-state index contributed by atoms with van der Waals surface area (Å²) in [6.45, 7) is 1.92. The predicted molar refractivity (Wildman–Crippen MR) is 84.2 cm³/mol. The van der Waals surface area contributed by atoms with E-state index in [-0.39, 0.29) is 0 Å². The van der Waals surface area contributed by atoms with Crippen LogP contribution < -0.4 is 0 Å². The van der Waals surface area contributed by atoms with E-state index in [1.807, 2.05) is 30.9 Å². The molecule has 3 nitrogen and oxygen atoms in total. The first-order chi connectivity index (χ1) is 10.1. The van der Waals surface area contributed by atoms with Gasteiger partial charge in [0.1, 0.15) is 0 Å². The highest BCUT2D eigenvalue weighted by molar-refractivity contribution is 5.36. The standard InChI is InChI=1S/C18H24N2O/c1-18(21,11-9-17-10-12-19-20(17)2)16-8-7-14-5-3-4-6-15(14)13-16/h7-8,10,12-13,21H,3-6,9,11H2,1-2H3. The fraction of sp³-hybridized carbons (Fsp3) is 0.500. The third-order valence-corrected chi connectivity index (χ3v) is 4.76. The van der Waals surface area contributed by atoms with Gasteiger partial charge >= 0.3 is 0 Å². The van der Waals surface area contributed by atoms with Gasteiger partial charge in [-0.15, -0.1) is 0 Å². The predicted octanol–water partition coefficient (Wildman–Crippen LogP) is 3.14. The van der Waals surface area contributed by atoms with Gasteiger partial charge in [-0.1, -0.05) is 18.2 Å². The summed E-state index contributed by atoms with van der Waals surface area (Å²) in [5.41, 5.74) is 4.32. The molecule has 1 N–H and O–H groups in total. The van der Waals surface area contributed by atoms with Crippen LogP contribution >= 0.6 is 0 Å². The van der Waals surface area contributed by atoms with Gasteiger partial charge in [-0.3, -0.25) is 4.68 Å². The maximum Gasteiger partial charge on any atom is 0.0872 e. The molecule has 1 heterocycles. The number of hydrogen-bond acceptors (Lipinski definition) is 2. The second-order valence-electron chi connectivity index (χ2n) is 6.41. The molecule has 0 amide bonds. The average Bonchev–Trinajstić information content (AvgIpc) is 2.90. The van der Waals surface area contributed by atoms with E-state index in [4.69, 9.17) is 0 Å². The summed E-state index contributed by atoms with van der Waals surface area (Å²) < 4.78 is 1.88. The molecule has 0 radical (unpaired) electrons. The molecular formula is C18H24N2O. The van der Waals surface area contributed by atoms with E-state index in [1.165, 1.54) is 30.4 Å². The Morgan fingerprint density at radius 3 is 2.67 bits per heavy atom. The van der Waals surface area contributed by atoms with Gasteiger partial charge in [0.25, 0.3) is 0 Å². The number of aryl methyl sites for hydroxylation is 4. The van der Waals surface area contributed by atoms with Crippen molar-refractivity contribution in [2.24, 2.45) is 7.05 Å². The van der Waals surface area contributed by atoms with Crippen molar-refractivity contribution in [2.75, 3.05) is 0 Å². The van der Waals surface area contributed by atoms with Crippen LogP contribution in [0.5, 0.6) is 0 Å². The van der Waals surface area contributed by atoms with Gasteiger partial charge in [0, 0.05) is 18.9 Å². The van der Waals surface area contributed by atoms with Crippen LogP contribution in [0.15, 0.2) is 30.5 Å². The molecular weight excluding hydrogens is 260 g/mol. The number of hydrogen-bond donors (Lipinski definition) is 1. The average molecular weight is 284 g/mol. The summed E-state index contributed by atoms with van der Waals surface area (Å²) >= 11 is 0. The highest BCUT2D eigenvalue weighted by atomic mass is 16.3. The first-order valence-electron chi connectivity index (χ1n) is 7.88. The zero-order valence-corrected chi connectivity index (χ0v) is 13.0. The maximum absolute atomic E-state index is 10.8. The Labute approximate surface area is 126 Å². The first-order valence-corrected chi connectivity index (χ1v) is 7.88. The van der Waals surface area contributed by atoms with Crippen LogP contribution in [0, 0.1) is 0 Å². The van der Waals surface area contributed by atoms with E-state index in [0.29, 0.717) is 6.42 Å². The second kappa shape index (κ2) is 5.64. The number of nitrogens with zero attached hydrogens (tertiary/aromatic N) is 2. The maximum atomic E-state index is 10.8. The molecule has 21 heavy (non-hydrogen) atoms. The highest BCUT2D eigenvalue weighted by Gasteiger charge is 2.24. The number of benzene rings is 1. The van der Waals surface area contributed by atoms with Gasteiger partial charge in [-0.05, 0) is 68.2 Å². The summed E-state index contributed by atoms with van der Waals surface area (Å²) in [6.07, 6.45) is 8.26. The Kier molecular flexibility index (Phi) is 3.85. The number of fused-ring (bicyclic) bond motifs is 1. The van der Waals surface area contributed by atoms with Crippen molar-refractivity contribution in [3.63, 3.8) is 0 Å². The molecule has 1 aromatic heterocycles. The van der Waals surface area contributed by atoms with Gasteiger partial charge in [0.05, 0.1) is 5.60 Å². The lowest BCUT2D eigenvalue weighted by Crippen LogP contribution is -2.23. The lowest BCUT2D eigenvalue weighted by Gasteiger charge is -2.26. The van der Waals surface area contributed by atoms with Crippen molar-refractivity contribution in [1.29, 1.82) is 0 Å². The summed E-state index contributed by atoms with van der Waals surface area (Å²) in [6, 6.07) is 8.55. The molecule has 0 fully saturated rings. The minimum Gasteiger partial charge on any atom is -0.385 e. The second-order valence-corrected chi connectivity index (χ2v) is 6.41. The smallest absolute Gasteiger partial charge is 0.0872 e. The van der Waals surface area contributed by atoms with Crippen LogP contribution in [0.4, 0.5) is 0 Å². The monoisotopic (exact) mass is 284 g/mol. The van der Waals surface area contributed by atoms with E-state index in [1.54, 1.807) is 0 Å². The van der Waals surface area contributed by atoms with Crippen molar-refractivity contribution >= 4 is 0 Å². The number of rotatable bonds is 4. The largest absolute Gasteiger partial charge is 0.385 e. The first kappa shape index (κ1) is 14.3. The van der Waals surface area contributed by atoms with Crippen LogP contribution in [-0.2, 0) is 31.9 Å². The quantitative estimate of drug-likeness (QED) is 0.936. The van der Waals surface area contributed by atoms with Crippen LogP contribution in [0.1, 0.15) is 48.6 Å². The third kappa shape index (κ3) is 3.03. The molecule has 2 aromatic rings. The lowest BCUT2D eigenvalue weighted by molar-refractivity contribution is 0.0474. The zero-order chi connectivity index (χ0) is 14.9. The molecule has 0 bridgehead atoms. The van der Waals surface area contributed by atoms with Crippen molar-refractivity contribution in [1.82, 2.24) is 9.78 Å². The lowest BCUT2D eigenvalue weighted by atomic mass is 9.84. The van der Waals surface area contributed by atoms with E-state index in [0.717, 1.165) is 24.1 Å². The fourth-order valence-electron chi connectivity index (χ4n) is 3.23. The number of aliphatic hydroxyl groups is 1. The van der Waals surface area contributed by atoms with E-state index < -0.39 is 5.60 Å². The Bertz CT molecular complexity index is 628. The minimum atomic E-state index is -0.781. The molecule has 1 aliphatic carbocycles. The molecule has 3 rings (SSSR count). The molecule has 112 valence electrons. The molecule has 1 aromatic carbocycles. The topological polar surface area (TPSA) is 38.0 Å². The van der Waals surface area contributed by atoms with E-state index in [9.17, 15) is 5.11 Å². The van der Waals surface area contributed by atoms with Gasteiger partial charge in [0.2, 0.25) is 0 Å². The highest BCUT2D eigenvalue weighted by Crippen LogP contribution is 2.30. The van der Waals surface area contributed by atoms with Crippen LogP contribution in [0.25, 0.3) is 0 Å². The van der Waals surface area contributed by atoms with Gasteiger partial charge in [-0.25, -0.2) is 0 Å². The van der Waals surface area contributed by atoms with E-state index >= 15 is 0 Å². The van der Waals surface area contributed by atoms with Crippen molar-refractivity contribution in [3.05, 3.63) is 52.8 Å². The van der Waals surface area contributed by atoms with Gasteiger partial charge < -0.3 is 5.11 Å². The Balaban J connectivity index is 1.76. The molecule has 1 unspecified atom stereocenters. The SMILES string of the molecule is Cn1nccc1CCC(C)(O)c1ccc2c(c1)CCCC2. The van der Waals surface area contributed by atoms with Crippen LogP contribution in [-0.4, -0.2) is 14.9 Å². The third-order valence-electron chi connectivity index (χ3n) is 4.76. The molecule has 0 saturated heterocycles. The summed E-state index contributed by atoms with van der Waals surface area (Å²) in [7, 11) is 1.95. The Morgan fingerprint density at radius 1 is 1.19 bits per heavy atom. The van der Waals surface area contributed by atoms with Gasteiger partial charge in [-0.2, -0.15) is 5.10 Å². The molecule has 0 aliphatic heterocycles. The van der Waals surface area contributed by atoms with Crippen molar-refractivity contribution in [2.45, 2.75) is 51.0 Å². The zero-order valence-electron chi connectivity index (χ0n) is 13.0. The van der Waals surface area contributed by atoms with Crippen LogP contribution in [0.3, 0.4) is 0 Å². The summed E-state index contributed by atoms with van der Waals surface area (Å²) in [5, 5.41) is 15.0. The van der Waals surface area contributed by atoms with Crippen LogP contribution in [0.2, 0.25) is 0 Å². The molecule has 1 aliphatic rings. The summed E-state index contributed by atoms with van der Waals surface area (Å²) in [4.78, 5) is 0. The number of aromatic nitrogens is 2. The molecule has 3 heteroatoms.